The quantitative estimate of drug-likeness (QED) is 0.654. The van der Waals surface area contributed by atoms with Crippen molar-refractivity contribution >= 4 is 74.4 Å². The first-order valence-corrected chi connectivity index (χ1v) is 11.8. The molecule has 2 aromatic heterocycles. The van der Waals surface area contributed by atoms with E-state index in [4.69, 9.17) is 0 Å². The van der Waals surface area contributed by atoms with Crippen LogP contribution >= 0.6 is 38.6 Å². The predicted octanol–water partition coefficient (Wildman–Crippen LogP) is 3.32. The van der Waals surface area contributed by atoms with Crippen molar-refractivity contribution in [3.05, 3.63) is 34.1 Å². The Bertz CT molecular complexity index is 1100. The molecule has 6 nitrogen and oxygen atoms in total. The highest BCUT2D eigenvalue weighted by atomic mass is 79.9. The molecule has 2 heterocycles. The average molecular weight is 453 g/mol. The van der Waals surface area contributed by atoms with Crippen LogP contribution in [0.1, 0.15) is 0 Å². The van der Waals surface area contributed by atoms with Crippen LogP contribution in [0.5, 0.6) is 0 Å². The maximum Gasteiger partial charge on any atom is 0.271 e. The Morgan fingerprint density at radius 2 is 1.83 bits per heavy atom. The highest BCUT2D eigenvalue weighted by Gasteiger charge is 2.18. The number of anilines is 1. The van der Waals surface area contributed by atoms with Gasteiger partial charge in [-0.25, -0.2) is 21.8 Å². The molecule has 0 aliphatic heterocycles. The van der Waals surface area contributed by atoms with Crippen molar-refractivity contribution in [3.8, 4) is 0 Å². The number of aromatic nitrogens is 1. The number of fused-ring (bicyclic) bond motifs is 1. The minimum atomic E-state index is -3.68. The number of thiazole rings is 1. The Morgan fingerprint density at radius 1 is 1.09 bits per heavy atom. The molecule has 3 rings (SSSR count). The lowest BCUT2D eigenvalue weighted by Crippen LogP contribution is -2.11. The first-order chi connectivity index (χ1) is 10.6. The Morgan fingerprint density at radius 3 is 2.43 bits per heavy atom. The van der Waals surface area contributed by atoms with E-state index >= 15 is 0 Å². The first kappa shape index (κ1) is 16.8. The molecule has 11 heteroatoms. The number of sulfone groups is 1. The van der Waals surface area contributed by atoms with E-state index in [1.165, 1.54) is 6.07 Å². The lowest BCUT2D eigenvalue weighted by Gasteiger charge is -2.05. The maximum absolute atomic E-state index is 12.3. The van der Waals surface area contributed by atoms with Gasteiger partial charge >= 0.3 is 0 Å². The molecule has 0 saturated carbocycles. The number of halogens is 1. The van der Waals surface area contributed by atoms with E-state index in [1.807, 2.05) is 0 Å². The van der Waals surface area contributed by atoms with Crippen molar-refractivity contribution in [2.24, 2.45) is 0 Å². The molecule has 3 aromatic rings. The van der Waals surface area contributed by atoms with Gasteiger partial charge in [-0.15, -0.1) is 22.7 Å². The van der Waals surface area contributed by atoms with Crippen LogP contribution in [0.15, 0.2) is 42.7 Å². The summed E-state index contributed by atoms with van der Waals surface area (Å²) < 4.78 is 51.6. The number of hydrogen-bond acceptors (Lipinski definition) is 7. The number of benzene rings is 1. The topological polar surface area (TPSA) is 93.2 Å². The van der Waals surface area contributed by atoms with Crippen LogP contribution in [0.3, 0.4) is 0 Å². The zero-order chi connectivity index (χ0) is 16.8. The summed E-state index contributed by atoms with van der Waals surface area (Å²) in [5.41, 5.74) is 0.864. The molecule has 23 heavy (non-hydrogen) atoms. The van der Waals surface area contributed by atoms with Crippen LogP contribution in [-0.4, -0.2) is 28.1 Å². The zero-order valence-corrected chi connectivity index (χ0v) is 16.3. The van der Waals surface area contributed by atoms with E-state index in [9.17, 15) is 16.8 Å². The second-order valence-corrected chi connectivity index (χ2v) is 12.2. The molecule has 0 radical (unpaired) electrons. The number of sulfonamides is 1. The van der Waals surface area contributed by atoms with E-state index in [0.717, 1.165) is 28.9 Å². The number of hydrogen-bond donors (Lipinski definition) is 1. The standard InChI is InChI=1S/C12H9BrN2O4S4/c1-22(16,17)12-14-8-3-2-7(6-9(8)20-12)15-23(18,19)11-5-4-10(13)21-11/h2-6,15H,1H3. The molecule has 0 unspecified atom stereocenters. The van der Waals surface area contributed by atoms with Crippen LogP contribution < -0.4 is 4.72 Å². The monoisotopic (exact) mass is 452 g/mol. The maximum atomic E-state index is 12.3. The van der Waals surface area contributed by atoms with Crippen molar-refractivity contribution in [3.63, 3.8) is 0 Å². The number of nitrogens with zero attached hydrogens (tertiary/aromatic N) is 1. The van der Waals surface area contributed by atoms with E-state index in [2.05, 4.69) is 25.6 Å². The lowest BCUT2D eigenvalue weighted by molar-refractivity contribution is 0.600. The molecule has 0 atom stereocenters. The molecule has 1 aromatic carbocycles. The Kier molecular flexibility index (Phi) is 4.25. The van der Waals surface area contributed by atoms with Crippen molar-refractivity contribution in [1.82, 2.24) is 4.98 Å². The van der Waals surface area contributed by atoms with Gasteiger partial charge in [-0.1, -0.05) is 0 Å². The Labute approximate surface area is 149 Å². The van der Waals surface area contributed by atoms with E-state index in [1.54, 1.807) is 24.3 Å². The fourth-order valence-corrected chi connectivity index (χ4v) is 6.71. The van der Waals surface area contributed by atoms with Gasteiger partial charge in [0.1, 0.15) is 4.21 Å². The summed E-state index contributed by atoms with van der Waals surface area (Å²) >= 11 is 5.33. The molecule has 0 fully saturated rings. The lowest BCUT2D eigenvalue weighted by atomic mass is 10.3. The van der Waals surface area contributed by atoms with Crippen LogP contribution in [0.25, 0.3) is 10.2 Å². The molecule has 0 aliphatic carbocycles. The molecule has 0 bridgehead atoms. The molecular formula is C12H9BrN2O4S4. The zero-order valence-electron chi connectivity index (χ0n) is 11.5. The second-order valence-electron chi connectivity index (χ2n) is 4.60. The smallest absolute Gasteiger partial charge is 0.271 e. The highest BCUT2D eigenvalue weighted by molar-refractivity contribution is 9.11. The molecular weight excluding hydrogens is 444 g/mol. The van der Waals surface area contributed by atoms with E-state index < -0.39 is 19.9 Å². The summed E-state index contributed by atoms with van der Waals surface area (Å²) in [6.45, 7) is 0. The highest BCUT2D eigenvalue weighted by Crippen LogP contribution is 2.30. The summed E-state index contributed by atoms with van der Waals surface area (Å²) in [5, 5.41) is 0. The minimum absolute atomic E-state index is 0.00898. The summed E-state index contributed by atoms with van der Waals surface area (Å²) in [6, 6.07) is 7.87. The fourth-order valence-electron chi connectivity index (χ4n) is 1.77. The summed E-state index contributed by atoms with van der Waals surface area (Å²) in [7, 11) is -7.07. The fraction of sp³-hybridized carbons (Fsp3) is 0.0833. The van der Waals surface area contributed by atoms with Crippen LogP contribution in [-0.2, 0) is 19.9 Å². The summed E-state index contributed by atoms with van der Waals surface area (Å²) in [5.74, 6) is 0. The third-order valence-electron chi connectivity index (χ3n) is 2.75. The van der Waals surface area contributed by atoms with Crippen molar-refractivity contribution in [2.45, 2.75) is 8.55 Å². The van der Waals surface area contributed by atoms with Gasteiger partial charge in [0.15, 0.2) is 0 Å². The molecule has 0 aliphatic rings. The summed E-state index contributed by atoms with van der Waals surface area (Å²) in [4.78, 5) is 4.03. The third kappa shape index (κ3) is 3.58. The Balaban J connectivity index is 1.98. The predicted molar refractivity (Wildman–Crippen MR) is 95.6 cm³/mol. The number of nitrogens with one attached hydrogen (secondary N) is 1. The van der Waals surface area contributed by atoms with Gasteiger partial charge in [-0.05, 0) is 46.3 Å². The van der Waals surface area contributed by atoms with Crippen molar-refractivity contribution < 1.29 is 16.8 Å². The van der Waals surface area contributed by atoms with Gasteiger partial charge < -0.3 is 0 Å². The second kappa shape index (κ2) is 5.81. The van der Waals surface area contributed by atoms with Gasteiger partial charge in [-0.2, -0.15) is 0 Å². The Hall–Kier alpha value is -1.01. The van der Waals surface area contributed by atoms with E-state index in [-0.39, 0.29) is 8.55 Å². The minimum Gasteiger partial charge on any atom is -0.279 e. The van der Waals surface area contributed by atoms with Gasteiger partial charge in [0.2, 0.25) is 14.2 Å². The largest absolute Gasteiger partial charge is 0.279 e. The van der Waals surface area contributed by atoms with Gasteiger partial charge in [0.05, 0.1) is 19.7 Å². The van der Waals surface area contributed by atoms with Gasteiger partial charge in [0, 0.05) is 6.26 Å². The normalized spacial score (nSPS) is 12.6. The van der Waals surface area contributed by atoms with Gasteiger partial charge in [0.25, 0.3) is 10.0 Å². The van der Waals surface area contributed by atoms with E-state index in [0.29, 0.717) is 19.7 Å². The molecule has 0 spiro atoms. The average Bonchev–Trinajstić information content (AvgIpc) is 3.03. The molecule has 1 N–H and O–H groups in total. The number of rotatable bonds is 4. The van der Waals surface area contributed by atoms with Crippen LogP contribution in [0, 0.1) is 0 Å². The van der Waals surface area contributed by atoms with Crippen LogP contribution in [0.2, 0.25) is 0 Å². The van der Waals surface area contributed by atoms with Crippen molar-refractivity contribution in [2.75, 3.05) is 11.0 Å². The SMILES string of the molecule is CS(=O)(=O)c1nc2ccc(NS(=O)(=O)c3ccc(Br)s3)cc2s1. The molecule has 0 amide bonds. The first-order valence-electron chi connectivity index (χ1n) is 6.04. The van der Waals surface area contributed by atoms with Gasteiger partial charge in [-0.3, -0.25) is 4.72 Å². The summed E-state index contributed by atoms with van der Waals surface area (Å²) in [6.07, 6.45) is 1.09. The van der Waals surface area contributed by atoms with Crippen LogP contribution in [0.4, 0.5) is 5.69 Å². The molecule has 0 saturated heterocycles. The number of thiophene rings is 1. The van der Waals surface area contributed by atoms with Crippen molar-refractivity contribution in [1.29, 1.82) is 0 Å². The molecule has 122 valence electrons. The third-order valence-corrected chi connectivity index (χ3v) is 8.95.